The molecule has 0 aliphatic carbocycles. The molecule has 0 radical (unpaired) electrons. The van der Waals surface area contributed by atoms with Crippen LogP contribution in [0.4, 0.5) is 5.69 Å². The van der Waals surface area contributed by atoms with E-state index in [9.17, 15) is 0 Å². The Kier molecular flexibility index (Phi) is 5.95. The largest absolute Gasteiger partial charge is 0.381 e. The van der Waals surface area contributed by atoms with Gasteiger partial charge < -0.3 is 15.4 Å². The van der Waals surface area contributed by atoms with E-state index in [1.807, 2.05) is 6.07 Å². The molecule has 0 bridgehead atoms. The topological polar surface area (TPSA) is 33.3 Å². The molecule has 1 aromatic rings. The summed E-state index contributed by atoms with van der Waals surface area (Å²) < 4.78 is 5.50. The van der Waals surface area contributed by atoms with Crippen LogP contribution in [0, 0.1) is 0 Å². The number of anilines is 1. The smallest absolute Gasteiger partial charge is 0.0640 e. The molecule has 1 heterocycles. The zero-order chi connectivity index (χ0) is 13.5. The van der Waals surface area contributed by atoms with Crippen molar-refractivity contribution in [1.82, 2.24) is 5.32 Å². The van der Waals surface area contributed by atoms with Crippen LogP contribution in [0.2, 0.25) is 5.02 Å². The molecule has 106 valence electrons. The van der Waals surface area contributed by atoms with E-state index in [0.29, 0.717) is 0 Å². The molecule has 3 nitrogen and oxygen atoms in total. The third kappa shape index (κ3) is 4.10. The molecule has 2 N–H and O–H groups in total. The van der Waals surface area contributed by atoms with E-state index in [1.54, 1.807) is 0 Å². The normalized spacial score (nSPS) is 14.8. The second-order valence-electron chi connectivity index (χ2n) is 4.85. The molecule has 0 spiro atoms. The van der Waals surface area contributed by atoms with Gasteiger partial charge in [0.2, 0.25) is 0 Å². The molecule has 1 aliphatic heterocycles. The minimum absolute atomic E-state index is 0.728. The Labute approximate surface area is 120 Å². The summed E-state index contributed by atoms with van der Waals surface area (Å²) in [7, 11) is 0. The molecule has 0 aromatic heterocycles. The van der Waals surface area contributed by atoms with Gasteiger partial charge in [-0.3, -0.25) is 0 Å². The SMILES string of the molecule is CCCOCCNc1c(Cl)ccc2c1CCNCC2. The highest BCUT2D eigenvalue weighted by Gasteiger charge is 2.14. The van der Waals surface area contributed by atoms with Gasteiger partial charge in [0.25, 0.3) is 0 Å². The van der Waals surface area contributed by atoms with Crippen LogP contribution in [0.3, 0.4) is 0 Å². The van der Waals surface area contributed by atoms with Crippen LogP contribution in [0.25, 0.3) is 0 Å². The first kappa shape index (κ1) is 14.6. The monoisotopic (exact) mass is 282 g/mol. The molecule has 0 amide bonds. The van der Waals surface area contributed by atoms with E-state index in [1.165, 1.54) is 11.1 Å². The van der Waals surface area contributed by atoms with Crippen LogP contribution in [0.5, 0.6) is 0 Å². The molecular weight excluding hydrogens is 260 g/mol. The number of rotatable bonds is 6. The van der Waals surface area contributed by atoms with Gasteiger partial charge in [-0.2, -0.15) is 0 Å². The summed E-state index contributed by atoms with van der Waals surface area (Å²) in [5, 5.41) is 7.69. The van der Waals surface area contributed by atoms with Gasteiger partial charge in [0.05, 0.1) is 17.3 Å². The van der Waals surface area contributed by atoms with Crippen molar-refractivity contribution in [3.8, 4) is 0 Å². The molecule has 0 saturated carbocycles. The minimum atomic E-state index is 0.728. The number of benzene rings is 1. The van der Waals surface area contributed by atoms with Gasteiger partial charge >= 0.3 is 0 Å². The zero-order valence-corrected chi connectivity index (χ0v) is 12.4. The maximum atomic E-state index is 6.33. The quantitative estimate of drug-likeness (QED) is 0.787. The second-order valence-corrected chi connectivity index (χ2v) is 5.26. The van der Waals surface area contributed by atoms with Crippen LogP contribution in [-0.4, -0.2) is 32.8 Å². The summed E-state index contributed by atoms with van der Waals surface area (Å²) in [5.74, 6) is 0. The summed E-state index contributed by atoms with van der Waals surface area (Å²) in [6, 6.07) is 4.16. The number of nitrogens with one attached hydrogen (secondary N) is 2. The van der Waals surface area contributed by atoms with E-state index < -0.39 is 0 Å². The van der Waals surface area contributed by atoms with Gasteiger partial charge in [0.1, 0.15) is 0 Å². The molecule has 0 unspecified atom stereocenters. The number of ether oxygens (including phenoxy) is 1. The molecule has 0 saturated heterocycles. The van der Waals surface area contributed by atoms with Crippen LogP contribution in [0.15, 0.2) is 12.1 Å². The predicted molar refractivity (Wildman–Crippen MR) is 81.3 cm³/mol. The van der Waals surface area contributed by atoms with E-state index >= 15 is 0 Å². The van der Waals surface area contributed by atoms with Crippen LogP contribution in [0.1, 0.15) is 24.5 Å². The lowest BCUT2D eigenvalue weighted by atomic mass is 10.0. The molecule has 19 heavy (non-hydrogen) atoms. The van der Waals surface area contributed by atoms with Gasteiger partial charge in [-0.05, 0) is 49.5 Å². The summed E-state index contributed by atoms with van der Waals surface area (Å²) in [6.07, 6.45) is 3.18. The number of hydrogen-bond donors (Lipinski definition) is 2. The summed E-state index contributed by atoms with van der Waals surface area (Å²) in [5.41, 5.74) is 3.88. The van der Waals surface area contributed by atoms with Crippen molar-refractivity contribution in [3.05, 3.63) is 28.3 Å². The lowest BCUT2D eigenvalue weighted by molar-refractivity contribution is 0.144. The number of halogens is 1. The summed E-state index contributed by atoms with van der Waals surface area (Å²) in [6.45, 7) is 6.55. The van der Waals surface area contributed by atoms with Crippen molar-refractivity contribution in [2.45, 2.75) is 26.2 Å². The third-order valence-corrected chi connectivity index (χ3v) is 3.69. The van der Waals surface area contributed by atoms with Crippen molar-refractivity contribution in [3.63, 3.8) is 0 Å². The standard InChI is InChI=1S/C15H23ClN2O/c1-2-10-19-11-9-18-15-13-6-8-17-7-5-12(13)3-4-14(15)16/h3-4,17-18H,2,5-11H2,1H3. The number of hydrogen-bond acceptors (Lipinski definition) is 3. The third-order valence-electron chi connectivity index (χ3n) is 3.38. The predicted octanol–water partition coefficient (Wildman–Crippen LogP) is 2.87. The van der Waals surface area contributed by atoms with Gasteiger partial charge in [-0.15, -0.1) is 0 Å². The summed E-state index contributed by atoms with van der Waals surface area (Å²) in [4.78, 5) is 0. The summed E-state index contributed by atoms with van der Waals surface area (Å²) >= 11 is 6.33. The molecule has 0 fully saturated rings. The lowest BCUT2D eigenvalue weighted by Gasteiger charge is -2.16. The lowest BCUT2D eigenvalue weighted by Crippen LogP contribution is -2.16. The maximum Gasteiger partial charge on any atom is 0.0640 e. The fourth-order valence-corrected chi connectivity index (χ4v) is 2.67. The fourth-order valence-electron chi connectivity index (χ4n) is 2.43. The number of fused-ring (bicyclic) bond motifs is 1. The Morgan fingerprint density at radius 1 is 1.26 bits per heavy atom. The highest BCUT2D eigenvalue weighted by molar-refractivity contribution is 6.33. The molecule has 2 rings (SSSR count). The first-order valence-corrected chi connectivity index (χ1v) is 7.53. The van der Waals surface area contributed by atoms with Gasteiger partial charge in [0.15, 0.2) is 0 Å². The van der Waals surface area contributed by atoms with E-state index in [4.69, 9.17) is 16.3 Å². The minimum Gasteiger partial charge on any atom is -0.381 e. The molecular formula is C15H23ClN2O. The van der Waals surface area contributed by atoms with Gasteiger partial charge in [-0.1, -0.05) is 24.6 Å². The van der Waals surface area contributed by atoms with Crippen molar-refractivity contribution >= 4 is 17.3 Å². The first-order valence-electron chi connectivity index (χ1n) is 7.15. The Balaban J connectivity index is 2.02. The van der Waals surface area contributed by atoms with E-state index in [2.05, 4.69) is 23.6 Å². The van der Waals surface area contributed by atoms with Gasteiger partial charge in [0, 0.05) is 13.2 Å². The van der Waals surface area contributed by atoms with Crippen LogP contribution >= 0.6 is 11.6 Å². The van der Waals surface area contributed by atoms with E-state index in [0.717, 1.165) is 62.8 Å². The molecule has 4 heteroatoms. The first-order chi connectivity index (χ1) is 9.33. The Hall–Kier alpha value is -0.770. The second kappa shape index (κ2) is 7.73. The van der Waals surface area contributed by atoms with Crippen molar-refractivity contribution in [1.29, 1.82) is 0 Å². The Morgan fingerprint density at radius 2 is 2.11 bits per heavy atom. The average molecular weight is 283 g/mol. The Bertz CT molecular complexity index is 409. The highest BCUT2D eigenvalue weighted by Crippen LogP contribution is 2.30. The van der Waals surface area contributed by atoms with Crippen LogP contribution < -0.4 is 10.6 Å². The highest BCUT2D eigenvalue weighted by atomic mass is 35.5. The zero-order valence-electron chi connectivity index (χ0n) is 11.6. The van der Waals surface area contributed by atoms with Crippen molar-refractivity contribution in [2.75, 3.05) is 38.2 Å². The molecule has 0 atom stereocenters. The molecule has 1 aromatic carbocycles. The maximum absolute atomic E-state index is 6.33. The molecule has 1 aliphatic rings. The van der Waals surface area contributed by atoms with Crippen molar-refractivity contribution < 1.29 is 4.74 Å². The van der Waals surface area contributed by atoms with Crippen LogP contribution in [-0.2, 0) is 17.6 Å². The van der Waals surface area contributed by atoms with Gasteiger partial charge in [-0.25, -0.2) is 0 Å². The average Bonchev–Trinajstić information content (AvgIpc) is 2.66. The fraction of sp³-hybridized carbons (Fsp3) is 0.600. The Morgan fingerprint density at radius 3 is 2.95 bits per heavy atom. The van der Waals surface area contributed by atoms with E-state index in [-0.39, 0.29) is 0 Å². The van der Waals surface area contributed by atoms with Crippen molar-refractivity contribution in [2.24, 2.45) is 0 Å².